The van der Waals surface area contributed by atoms with Crippen LogP contribution in [0.5, 0.6) is 0 Å². The number of halogens is 1. The van der Waals surface area contributed by atoms with Crippen molar-refractivity contribution in [3.05, 3.63) is 51.6 Å². The molecule has 1 rings (SSSR count). The molecule has 0 fully saturated rings. The van der Waals surface area contributed by atoms with Gasteiger partial charge in [0.1, 0.15) is 6.10 Å². The van der Waals surface area contributed by atoms with Crippen molar-refractivity contribution in [3.63, 3.8) is 0 Å². The summed E-state index contributed by atoms with van der Waals surface area (Å²) in [7, 11) is 0. The van der Waals surface area contributed by atoms with Crippen molar-refractivity contribution >= 4 is 34.5 Å². The second-order valence-corrected chi connectivity index (χ2v) is 3.96. The zero-order valence-corrected chi connectivity index (χ0v) is 11.1. The van der Waals surface area contributed by atoms with Gasteiger partial charge in [-0.2, -0.15) is 0 Å². The summed E-state index contributed by atoms with van der Waals surface area (Å²) in [5, 5.41) is 9.76. The Bertz CT molecular complexity index is 407. The van der Waals surface area contributed by atoms with Gasteiger partial charge in [-0.1, -0.05) is 65.1 Å². The molecule has 2 nitrogen and oxygen atoms in total. The van der Waals surface area contributed by atoms with Crippen LogP contribution in [-0.4, -0.2) is 17.0 Å². The molecular formula is C13H13IO2. The molecule has 0 heterocycles. The van der Waals surface area contributed by atoms with E-state index in [-0.39, 0.29) is 5.78 Å². The molecule has 1 aromatic carbocycles. The first-order valence-corrected chi connectivity index (χ1v) is 6.12. The molecule has 0 spiro atoms. The molecule has 0 aliphatic carbocycles. The lowest BCUT2D eigenvalue weighted by Crippen LogP contribution is -2.12. The van der Waals surface area contributed by atoms with Crippen LogP contribution in [0.4, 0.5) is 0 Å². The Balaban J connectivity index is 2.75. The molecule has 0 saturated carbocycles. The van der Waals surface area contributed by atoms with Crippen LogP contribution in [0.15, 0.2) is 46.1 Å². The SMILES string of the molecule is CC(=O)/C(=C/I)[C@@H](O)/C=C/c1ccccc1. The Kier molecular flexibility index (Phi) is 5.42. The van der Waals surface area contributed by atoms with Crippen LogP contribution in [0.25, 0.3) is 6.08 Å². The van der Waals surface area contributed by atoms with Gasteiger partial charge < -0.3 is 5.11 Å². The molecule has 0 unspecified atom stereocenters. The summed E-state index contributed by atoms with van der Waals surface area (Å²) in [6.45, 7) is 1.45. The first-order chi connectivity index (χ1) is 7.65. The lowest BCUT2D eigenvalue weighted by atomic mass is 10.1. The second-order valence-electron chi connectivity index (χ2n) is 3.34. The van der Waals surface area contributed by atoms with E-state index in [0.717, 1.165) is 5.56 Å². The Morgan fingerprint density at radius 2 is 2.00 bits per heavy atom. The van der Waals surface area contributed by atoms with Crippen molar-refractivity contribution in [2.75, 3.05) is 0 Å². The van der Waals surface area contributed by atoms with E-state index in [4.69, 9.17) is 0 Å². The highest BCUT2D eigenvalue weighted by atomic mass is 127. The quantitative estimate of drug-likeness (QED) is 0.682. The number of aliphatic hydroxyl groups is 1. The van der Waals surface area contributed by atoms with Crippen LogP contribution in [0.2, 0.25) is 0 Å². The fraction of sp³-hybridized carbons (Fsp3) is 0.154. The Morgan fingerprint density at radius 1 is 1.38 bits per heavy atom. The third-order valence-corrected chi connectivity index (χ3v) is 2.78. The average molecular weight is 328 g/mol. The number of Topliss-reactive ketones (excluding diaryl/α,β-unsaturated/α-hetero) is 1. The molecule has 1 atom stereocenters. The van der Waals surface area contributed by atoms with E-state index in [1.807, 2.05) is 52.9 Å². The molecule has 3 heteroatoms. The molecule has 0 aliphatic rings. The monoisotopic (exact) mass is 328 g/mol. The number of ketones is 1. The summed E-state index contributed by atoms with van der Waals surface area (Å²) >= 11 is 1.96. The maximum absolute atomic E-state index is 11.2. The van der Waals surface area contributed by atoms with Gasteiger partial charge in [0.25, 0.3) is 0 Å². The van der Waals surface area contributed by atoms with Gasteiger partial charge in [-0.25, -0.2) is 0 Å². The van der Waals surface area contributed by atoms with Crippen LogP contribution in [0.3, 0.4) is 0 Å². The maximum atomic E-state index is 11.2. The molecular weight excluding hydrogens is 315 g/mol. The highest BCUT2D eigenvalue weighted by Gasteiger charge is 2.10. The third kappa shape index (κ3) is 3.90. The van der Waals surface area contributed by atoms with Gasteiger partial charge in [0.2, 0.25) is 0 Å². The zero-order chi connectivity index (χ0) is 12.0. The largest absolute Gasteiger partial charge is 0.384 e. The normalized spacial score (nSPS) is 14.1. The number of hydrogen-bond acceptors (Lipinski definition) is 2. The molecule has 1 N–H and O–H groups in total. The number of benzene rings is 1. The Morgan fingerprint density at radius 3 is 2.50 bits per heavy atom. The predicted octanol–water partition coefficient (Wildman–Crippen LogP) is 2.97. The minimum absolute atomic E-state index is 0.111. The Hall–Kier alpha value is -0.940. The van der Waals surface area contributed by atoms with Crippen molar-refractivity contribution in [1.82, 2.24) is 0 Å². The predicted molar refractivity (Wildman–Crippen MR) is 74.3 cm³/mol. The lowest BCUT2D eigenvalue weighted by molar-refractivity contribution is -0.114. The van der Waals surface area contributed by atoms with E-state index in [1.54, 1.807) is 16.2 Å². The average Bonchev–Trinajstić information content (AvgIpc) is 2.28. The molecule has 1 aromatic rings. The molecule has 0 bridgehead atoms. The second kappa shape index (κ2) is 6.60. The lowest BCUT2D eigenvalue weighted by Gasteiger charge is -2.06. The van der Waals surface area contributed by atoms with Gasteiger partial charge in [0, 0.05) is 5.57 Å². The summed E-state index contributed by atoms with van der Waals surface area (Å²) in [5.41, 5.74) is 1.41. The van der Waals surface area contributed by atoms with Crippen LogP contribution < -0.4 is 0 Å². The molecule has 84 valence electrons. The fourth-order valence-corrected chi connectivity index (χ4v) is 2.03. The van der Waals surface area contributed by atoms with Gasteiger partial charge in [-0.3, -0.25) is 4.79 Å². The molecule has 16 heavy (non-hydrogen) atoms. The first-order valence-electron chi connectivity index (χ1n) is 4.87. The van der Waals surface area contributed by atoms with Gasteiger partial charge >= 0.3 is 0 Å². The van der Waals surface area contributed by atoms with Crippen molar-refractivity contribution in [1.29, 1.82) is 0 Å². The number of rotatable bonds is 4. The highest BCUT2D eigenvalue weighted by Crippen LogP contribution is 2.10. The maximum Gasteiger partial charge on any atom is 0.159 e. The third-order valence-electron chi connectivity index (χ3n) is 2.11. The van der Waals surface area contributed by atoms with Crippen LogP contribution in [0, 0.1) is 0 Å². The van der Waals surface area contributed by atoms with Gasteiger partial charge in [-0.05, 0) is 16.6 Å². The van der Waals surface area contributed by atoms with E-state index >= 15 is 0 Å². The zero-order valence-electron chi connectivity index (χ0n) is 8.93. The number of carbonyl (C=O) groups is 1. The number of carbonyl (C=O) groups excluding carboxylic acids is 1. The highest BCUT2D eigenvalue weighted by molar-refractivity contribution is 14.1. The summed E-state index contributed by atoms with van der Waals surface area (Å²) < 4.78 is 1.61. The molecule has 0 amide bonds. The van der Waals surface area contributed by atoms with E-state index in [2.05, 4.69) is 0 Å². The smallest absolute Gasteiger partial charge is 0.159 e. The minimum atomic E-state index is -0.838. The van der Waals surface area contributed by atoms with Crippen molar-refractivity contribution < 1.29 is 9.90 Å². The topological polar surface area (TPSA) is 37.3 Å². The van der Waals surface area contributed by atoms with Gasteiger partial charge in [-0.15, -0.1) is 0 Å². The number of hydrogen-bond donors (Lipinski definition) is 1. The van der Waals surface area contributed by atoms with E-state index in [0.29, 0.717) is 5.57 Å². The number of aliphatic hydroxyl groups excluding tert-OH is 1. The fourth-order valence-electron chi connectivity index (χ4n) is 1.22. The van der Waals surface area contributed by atoms with E-state index in [9.17, 15) is 9.90 Å². The summed E-state index contributed by atoms with van der Waals surface area (Å²) in [5.74, 6) is -0.111. The van der Waals surface area contributed by atoms with Gasteiger partial charge in [0.15, 0.2) is 5.78 Å². The van der Waals surface area contributed by atoms with Crippen molar-refractivity contribution in [2.45, 2.75) is 13.0 Å². The molecule has 0 aromatic heterocycles. The summed E-state index contributed by atoms with van der Waals surface area (Å²) in [6, 6.07) is 9.65. The molecule has 0 saturated heterocycles. The first kappa shape index (κ1) is 13.1. The van der Waals surface area contributed by atoms with Crippen molar-refractivity contribution in [2.24, 2.45) is 0 Å². The van der Waals surface area contributed by atoms with E-state index in [1.165, 1.54) is 6.92 Å². The van der Waals surface area contributed by atoms with Crippen LogP contribution in [-0.2, 0) is 4.79 Å². The Labute approximate surface area is 109 Å². The summed E-state index contributed by atoms with van der Waals surface area (Å²) in [6.07, 6.45) is 2.57. The van der Waals surface area contributed by atoms with Crippen LogP contribution >= 0.6 is 22.6 Å². The van der Waals surface area contributed by atoms with Crippen molar-refractivity contribution in [3.8, 4) is 0 Å². The standard InChI is InChI=1S/C13H13IO2/c1-10(15)12(9-14)13(16)8-7-11-5-3-2-4-6-11/h2-9,13,16H,1H3/b8-7+,12-9-/t13-/m0/s1. The van der Waals surface area contributed by atoms with Gasteiger partial charge in [0.05, 0.1) is 0 Å². The molecule has 0 aliphatic heterocycles. The molecule has 0 radical (unpaired) electrons. The minimum Gasteiger partial charge on any atom is -0.384 e. The van der Waals surface area contributed by atoms with E-state index < -0.39 is 6.10 Å². The van der Waals surface area contributed by atoms with Crippen LogP contribution in [0.1, 0.15) is 12.5 Å². The summed E-state index contributed by atoms with van der Waals surface area (Å²) in [4.78, 5) is 11.2.